The van der Waals surface area contributed by atoms with E-state index in [2.05, 4.69) is 0 Å². The van der Waals surface area contributed by atoms with Gasteiger partial charge >= 0.3 is 42.1 Å². The largest absolute Gasteiger partial charge is 2.00 e. The predicted molar refractivity (Wildman–Crippen MR) is 51.6 cm³/mol. The van der Waals surface area contributed by atoms with Gasteiger partial charge in [0.25, 0.3) is 0 Å². The van der Waals surface area contributed by atoms with E-state index >= 15 is 0 Å². The van der Waals surface area contributed by atoms with Crippen LogP contribution in [0.2, 0.25) is 0 Å². The monoisotopic (exact) mass is 697 g/mol. The Kier molecular flexibility index (Phi) is 348. The zero-order chi connectivity index (χ0) is 6.24. The Morgan fingerprint density at radius 2 is 0.647 bits per heavy atom. The van der Waals surface area contributed by atoms with Gasteiger partial charge in [-0.25, -0.2) is 0 Å². The number of unbranched alkanes of at least 4 members (excludes halogenated alkanes) is 3. The van der Waals surface area contributed by atoms with Gasteiger partial charge < -0.3 is 79.5 Å². The van der Waals surface area contributed by atoms with Gasteiger partial charge in [0.2, 0.25) is 0 Å². The van der Waals surface area contributed by atoms with Crippen molar-refractivity contribution in [2.75, 3.05) is 13.1 Å². The van der Waals surface area contributed by atoms with Crippen LogP contribution in [0.15, 0.2) is 0 Å². The number of nitrogens with two attached hydrogens (primary N) is 2. The Labute approximate surface area is 159 Å². The molecule has 0 aromatic rings. The molecular formula is C6H25Cl4N5Pt2. The second kappa shape index (κ2) is 79.3. The fourth-order valence-corrected chi connectivity index (χ4v) is 0.642. The van der Waals surface area contributed by atoms with E-state index in [0.29, 0.717) is 0 Å². The minimum absolute atomic E-state index is 0. The van der Waals surface area contributed by atoms with E-state index in [9.17, 15) is 0 Å². The van der Waals surface area contributed by atoms with Crippen molar-refractivity contribution in [3.05, 3.63) is 0 Å². The van der Waals surface area contributed by atoms with Crippen molar-refractivity contribution in [1.29, 1.82) is 0 Å². The van der Waals surface area contributed by atoms with Gasteiger partial charge in [-0.2, -0.15) is 0 Å². The maximum absolute atomic E-state index is 5.28. The normalized spacial score (nSPS) is 4.59. The number of halogens is 4. The Bertz CT molecular complexity index is 57.4. The van der Waals surface area contributed by atoms with Crippen molar-refractivity contribution in [1.82, 2.24) is 18.5 Å². The first kappa shape index (κ1) is 74.6. The van der Waals surface area contributed by atoms with Crippen molar-refractivity contribution in [3.63, 3.8) is 0 Å². The third-order valence-corrected chi connectivity index (χ3v) is 1.16. The molecule has 13 N–H and O–H groups in total. The minimum atomic E-state index is 0. The molecule has 0 unspecified atom stereocenters. The van der Waals surface area contributed by atoms with Crippen LogP contribution >= 0.6 is 0 Å². The molecule has 0 atom stereocenters. The second-order valence-corrected chi connectivity index (χ2v) is 1.99. The van der Waals surface area contributed by atoms with E-state index in [0.717, 1.165) is 25.9 Å². The van der Waals surface area contributed by atoms with E-state index in [1.165, 1.54) is 12.8 Å². The average molecular weight is 699 g/mol. The van der Waals surface area contributed by atoms with E-state index < -0.39 is 0 Å². The van der Waals surface area contributed by atoms with Crippen LogP contribution in [0.4, 0.5) is 0 Å². The first-order valence-electron chi connectivity index (χ1n) is 3.32. The van der Waals surface area contributed by atoms with Crippen LogP contribution in [-0.4, -0.2) is 13.1 Å². The molecule has 0 radical (unpaired) electrons. The quantitative estimate of drug-likeness (QED) is 0.180. The first-order valence-corrected chi connectivity index (χ1v) is 3.32. The molecule has 0 heterocycles. The topological polar surface area (TPSA) is 157 Å². The molecule has 0 aliphatic carbocycles. The maximum atomic E-state index is 5.28. The first-order chi connectivity index (χ1) is 3.91. The summed E-state index contributed by atoms with van der Waals surface area (Å²) in [5.74, 6) is 0. The van der Waals surface area contributed by atoms with Crippen LogP contribution in [-0.2, 0) is 42.1 Å². The van der Waals surface area contributed by atoms with E-state index in [4.69, 9.17) is 11.5 Å². The molecule has 0 aliphatic heterocycles. The van der Waals surface area contributed by atoms with E-state index in [1.807, 2.05) is 0 Å². The van der Waals surface area contributed by atoms with Gasteiger partial charge in [0.05, 0.1) is 0 Å². The molecule has 11 heteroatoms. The second-order valence-electron chi connectivity index (χ2n) is 1.99. The SMILES string of the molecule is N.N.N.NCCCCCCN.[Cl-].[Cl-].[Cl-].[Cl-].[Pt+2].[Pt+2]. The van der Waals surface area contributed by atoms with Crippen LogP contribution in [0.5, 0.6) is 0 Å². The summed E-state index contributed by atoms with van der Waals surface area (Å²) in [5.41, 5.74) is 10.6. The smallest absolute Gasteiger partial charge is 1.00 e. The molecule has 0 amide bonds. The third-order valence-electron chi connectivity index (χ3n) is 1.16. The summed E-state index contributed by atoms with van der Waals surface area (Å²) in [6.45, 7) is 1.65. The van der Waals surface area contributed by atoms with Gasteiger partial charge in [-0.3, -0.25) is 0 Å². The Balaban J connectivity index is -0.00000000681. The summed E-state index contributed by atoms with van der Waals surface area (Å²) in [7, 11) is 0. The van der Waals surface area contributed by atoms with E-state index in [1.54, 1.807) is 0 Å². The molecule has 0 spiro atoms. The zero-order valence-electron chi connectivity index (χ0n) is 9.66. The molecule has 0 aromatic carbocycles. The molecule has 0 fully saturated rings. The molecule has 0 saturated carbocycles. The van der Waals surface area contributed by atoms with Gasteiger partial charge in [0, 0.05) is 0 Å². The summed E-state index contributed by atoms with van der Waals surface area (Å²) in [6, 6.07) is 0. The fraction of sp³-hybridized carbons (Fsp3) is 1.00. The summed E-state index contributed by atoms with van der Waals surface area (Å²) in [6.07, 6.45) is 4.79. The Hall–Kier alpha value is 2.34. The Morgan fingerprint density at radius 1 is 0.471 bits per heavy atom. The molecule has 0 saturated heterocycles. The predicted octanol–water partition coefficient (Wildman–Crippen LogP) is -11.0. The Morgan fingerprint density at radius 3 is 0.765 bits per heavy atom. The summed E-state index contributed by atoms with van der Waals surface area (Å²) >= 11 is 0. The molecule has 0 aromatic heterocycles. The molecule has 0 rings (SSSR count). The van der Waals surface area contributed by atoms with Gasteiger partial charge in [-0.1, -0.05) is 12.8 Å². The summed E-state index contributed by atoms with van der Waals surface area (Å²) in [5, 5.41) is 0. The van der Waals surface area contributed by atoms with Crippen molar-refractivity contribution in [3.8, 4) is 0 Å². The van der Waals surface area contributed by atoms with Crippen molar-refractivity contribution >= 4 is 0 Å². The summed E-state index contributed by atoms with van der Waals surface area (Å²) in [4.78, 5) is 0. The van der Waals surface area contributed by atoms with Gasteiger partial charge in [0.15, 0.2) is 0 Å². The van der Waals surface area contributed by atoms with Gasteiger partial charge in [-0.05, 0) is 25.9 Å². The molecule has 5 nitrogen and oxygen atoms in total. The van der Waals surface area contributed by atoms with Crippen molar-refractivity contribution in [2.45, 2.75) is 25.7 Å². The molecule has 17 heavy (non-hydrogen) atoms. The molecule has 0 bridgehead atoms. The molecule has 0 aliphatic rings. The average Bonchev–Trinajstić information content (AvgIpc) is 1.81. The minimum Gasteiger partial charge on any atom is -1.00 e. The van der Waals surface area contributed by atoms with Crippen LogP contribution in [0.3, 0.4) is 0 Å². The van der Waals surface area contributed by atoms with Crippen molar-refractivity contribution in [2.24, 2.45) is 11.5 Å². The molecule has 122 valence electrons. The van der Waals surface area contributed by atoms with Crippen LogP contribution in [0.1, 0.15) is 25.7 Å². The third kappa shape index (κ3) is 90.9. The number of hydrogen-bond donors (Lipinski definition) is 5. The standard InChI is InChI=1S/C6H16N2.4ClH.3H3N.2Pt/c7-5-3-1-2-4-6-8;;;;;;;;;/h1-8H2;4*1H;3*1H3;;/q;;;;;;;;2*+2/p-4. The number of rotatable bonds is 5. The van der Waals surface area contributed by atoms with Gasteiger partial charge in [0.1, 0.15) is 0 Å². The van der Waals surface area contributed by atoms with Crippen LogP contribution in [0.25, 0.3) is 0 Å². The van der Waals surface area contributed by atoms with Gasteiger partial charge in [-0.15, -0.1) is 0 Å². The fourth-order valence-electron chi connectivity index (χ4n) is 0.642. The van der Waals surface area contributed by atoms with E-state index in [-0.39, 0.29) is 110 Å². The van der Waals surface area contributed by atoms with Crippen LogP contribution < -0.4 is 79.5 Å². The number of hydrogen-bond acceptors (Lipinski definition) is 5. The molecular weight excluding hydrogens is 674 g/mol. The summed E-state index contributed by atoms with van der Waals surface area (Å²) < 4.78 is 0. The zero-order valence-corrected chi connectivity index (χ0v) is 17.2. The maximum Gasteiger partial charge on any atom is 2.00 e. The van der Waals surface area contributed by atoms with Crippen molar-refractivity contribution < 1.29 is 91.8 Å². The van der Waals surface area contributed by atoms with Crippen LogP contribution in [0, 0.1) is 0 Å².